The highest BCUT2D eigenvalue weighted by Gasteiger charge is 2.21. The molecule has 2 fully saturated rings. The van der Waals surface area contributed by atoms with Gasteiger partial charge in [-0.3, -0.25) is 0 Å². The van der Waals surface area contributed by atoms with Crippen LogP contribution >= 0.6 is 0 Å². The summed E-state index contributed by atoms with van der Waals surface area (Å²) in [6, 6.07) is 4.49. The van der Waals surface area contributed by atoms with E-state index in [1.807, 2.05) is 0 Å². The monoisotopic (exact) mass is 369 g/mol. The summed E-state index contributed by atoms with van der Waals surface area (Å²) in [4.78, 5) is 18.0. The van der Waals surface area contributed by atoms with Crippen LogP contribution < -0.4 is 15.2 Å². The minimum absolute atomic E-state index is 0.164. The molecule has 0 aliphatic carbocycles. The van der Waals surface area contributed by atoms with Crippen molar-refractivity contribution in [1.82, 2.24) is 15.0 Å². The van der Waals surface area contributed by atoms with Crippen LogP contribution in [0.15, 0.2) is 23.3 Å². The Labute approximate surface area is 157 Å². The Bertz CT molecular complexity index is 796. The van der Waals surface area contributed by atoms with Gasteiger partial charge in [0, 0.05) is 26.2 Å². The molecule has 0 amide bonds. The largest absolute Gasteiger partial charge is 0.504 e. The number of anilines is 3. The lowest BCUT2D eigenvalue weighted by atomic mass is 10.2. The molecule has 27 heavy (non-hydrogen) atoms. The van der Waals surface area contributed by atoms with Crippen molar-refractivity contribution in [2.45, 2.75) is 25.7 Å². The topological polar surface area (TPSA) is 110 Å². The number of aromatic hydroxyl groups is 2. The van der Waals surface area contributed by atoms with Crippen molar-refractivity contribution in [3.05, 3.63) is 23.8 Å². The Morgan fingerprint density at radius 1 is 0.852 bits per heavy atom. The molecule has 0 radical (unpaired) electrons. The van der Waals surface area contributed by atoms with E-state index in [1.165, 1.54) is 18.3 Å². The van der Waals surface area contributed by atoms with Gasteiger partial charge in [0.15, 0.2) is 11.5 Å². The third kappa shape index (κ3) is 4.02. The van der Waals surface area contributed by atoms with Crippen molar-refractivity contribution in [3.8, 4) is 11.5 Å². The van der Waals surface area contributed by atoms with Crippen molar-refractivity contribution in [2.75, 3.05) is 41.4 Å². The molecule has 2 saturated heterocycles. The lowest BCUT2D eigenvalue weighted by Gasteiger charge is -2.20. The average molecular weight is 369 g/mol. The lowest BCUT2D eigenvalue weighted by Crippen LogP contribution is -2.25. The Balaban J connectivity index is 1.54. The molecule has 2 aliphatic heterocycles. The third-order valence-corrected chi connectivity index (χ3v) is 4.77. The van der Waals surface area contributed by atoms with Crippen LogP contribution in [0.3, 0.4) is 0 Å². The third-order valence-electron chi connectivity index (χ3n) is 4.77. The maximum atomic E-state index is 9.56. The Morgan fingerprint density at radius 3 is 2.00 bits per heavy atom. The number of benzene rings is 1. The van der Waals surface area contributed by atoms with Crippen LogP contribution in [0.25, 0.3) is 0 Å². The number of rotatable bonds is 5. The van der Waals surface area contributed by atoms with Crippen LogP contribution in [0, 0.1) is 0 Å². The Morgan fingerprint density at radius 2 is 1.44 bits per heavy atom. The summed E-state index contributed by atoms with van der Waals surface area (Å²) >= 11 is 0. The molecule has 9 heteroatoms. The summed E-state index contributed by atoms with van der Waals surface area (Å²) in [7, 11) is 0. The van der Waals surface area contributed by atoms with Crippen LogP contribution in [-0.2, 0) is 0 Å². The van der Waals surface area contributed by atoms with Crippen molar-refractivity contribution in [1.29, 1.82) is 0 Å². The van der Waals surface area contributed by atoms with Gasteiger partial charge in [-0.15, -0.1) is 0 Å². The van der Waals surface area contributed by atoms with Crippen LogP contribution in [-0.4, -0.2) is 57.6 Å². The smallest absolute Gasteiger partial charge is 0.250 e. The number of hydrogen-bond donors (Lipinski definition) is 3. The number of hydrogen-bond acceptors (Lipinski definition) is 9. The van der Waals surface area contributed by atoms with Gasteiger partial charge in [-0.25, -0.2) is 5.43 Å². The summed E-state index contributed by atoms with van der Waals surface area (Å²) in [5.41, 5.74) is 3.51. The number of aromatic nitrogens is 3. The van der Waals surface area contributed by atoms with Gasteiger partial charge in [-0.2, -0.15) is 20.1 Å². The van der Waals surface area contributed by atoms with E-state index in [0.29, 0.717) is 23.4 Å². The van der Waals surface area contributed by atoms with E-state index < -0.39 is 0 Å². The molecule has 2 aliphatic rings. The van der Waals surface area contributed by atoms with E-state index in [4.69, 9.17) is 0 Å². The summed E-state index contributed by atoms with van der Waals surface area (Å²) in [6.45, 7) is 3.83. The van der Waals surface area contributed by atoms with E-state index in [9.17, 15) is 10.2 Å². The highest BCUT2D eigenvalue weighted by Crippen LogP contribution is 2.24. The maximum absolute atomic E-state index is 9.56. The number of phenolic OH excluding ortho intramolecular Hbond substituents is 2. The van der Waals surface area contributed by atoms with E-state index in [0.717, 1.165) is 51.9 Å². The SMILES string of the molecule is Oc1ccc(/C=N/Nc2nc(N3CCCC3)nc(N3CCCC3)n2)cc1O. The van der Waals surface area contributed by atoms with Gasteiger partial charge in [-0.05, 0) is 49.4 Å². The van der Waals surface area contributed by atoms with Crippen molar-refractivity contribution >= 4 is 24.1 Å². The number of nitrogens with one attached hydrogen (secondary N) is 1. The molecule has 4 rings (SSSR count). The molecular formula is C18H23N7O2. The summed E-state index contributed by atoms with van der Waals surface area (Å²) < 4.78 is 0. The molecular weight excluding hydrogens is 346 g/mol. The fourth-order valence-electron chi connectivity index (χ4n) is 3.31. The van der Waals surface area contributed by atoms with Crippen LogP contribution in [0.4, 0.5) is 17.8 Å². The number of nitrogens with zero attached hydrogens (tertiary/aromatic N) is 6. The molecule has 0 saturated carbocycles. The molecule has 0 unspecified atom stereocenters. The van der Waals surface area contributed by atoms with Crippen molar-refractivity contribution < 1.29 is 10.2 Å². The zero-order valence-corrected chi connectivity index (χ0v) is 15.0. The van der Waals surface area contributed by atoms with Gasteiger partial charge in [0.1, 0.15) is 0 Å². The van der Waals surface area contributed by atoms with Crippen LogP contribution in [0.1, 0.15) is 31.2 Å². The fourth-order valence-corrected chi connectivity index (χ4v) is 3.31. The molecule has 0 bridgehead atoms. The fraction of sp³-hybridized carbons (Fsp3) is 0.444. The molecule has 0 atom stereocenters. The molecule has 0 spiro atoms. The first-order valence-corrected chi connectivity index (χ1v) is 9.26. The van der Waals surface area contributed by atoms with E-state index in [-0.39, 0.29) is 11.5 Å². The van der Waals surface area contributed by atoms with Gasteiger partial charge in [0.25, 0.3) is 0 Å². The highest BCUT2D eigenvalue weighted by molar-refractivity contribution is 5.81. The summed E-state index contributed by atoms with van der Waals surface area (Å²) in [5.74, 6) is 1.41. The first-order valence-electron chi connectivity index (χ1n) is 9.26. The second-order valence-corrected chi connectivity index (χ2v) is 6.77. The molecule has 2 aromatic rings. The van der Waals surface area contributed by atoms with Gasteiger partial charge >= 0.3 is 0 Å². The number of hydrazone groups is 1. The maximum Gasteiger partial charge on any atom is 0.250 e. The molecule has 3 heterocycles. The average Bonchev–Trinajstić information content (AvgIpc) is 3.38. The Hall–Kier alpha value is -3.10. The zero-order chi connectivity index (χ0) is 18.6. The first kappa shape index (κ1) is 17.3. The second kappa shape index (κ2) is 7.65. The normalized spacial score (nSPS) is 17.2. The highest BCUT2D eigenvalue weighted by atomic mass is 16.3. The quantitative estimate of drug-likeness (QED) is 0.417. The summed E-state index contributed by atoms with van der Waals surface area (Å²) in [5, 5.41) is 23.1. The van der Waals surface area contributed by atoms with Gasteiger partial charge in [-0.1, -0.05) is 0 Å². The predicted octanol–water partition coefficient (Wildman–Crippen LogP) is 1.93. The molecule has 9 nitrogen and oxygen atoms in total. The molecule has 1 aromatic heterocycles. The molecule has 142 valence electrons. The second-order valence-electron chi connectivity index (χ2n) is 6.77. The Kier molecular flexibility index (Phi) is 4.91. The van der Waals surface area contributed by atoms with Crippen molar-refractivity contribution in [2.24, 2.45) is 5.10 Å². The minimum Gasteiger partial charge on any atom is -0.504 e. The first-order chi connectivity index (χ1) is 13.2. The minimum atomic E-state index is -0.188. The zero-order valence-electron chi connectivity index (χ0n) is 15.0. The van der Waals surface area contributed by atoms with Gasteiger partial charge in [0.2, 0.25) is 17.8 Å². The summed E-state index contributed by atoms with van der Waals surface area (Å²) in [6.07, 6.45) is 6.13. The van der Waals surface area contributed by atoms with Crippen LogP contribution in [0.5, 0.6) is 11.5 Å². The van der Waals surface area contributed by atoms with E-state index in [2.05, 4.69) is 35.3 Å². The number of phenols is 2. The van der Waals surface area contributed by atoms with Gasteiger partial charge in [0.05, 0.1) is 6.21 Å². The van der Waals surface area contributed by atoms with Gasteiger partial charge < -0.3 is 20.0 Å². The molecule has 1 aromatic carbocycles. The van der Waals surface area contributed by atoms with E-state index in [1.54, 1.807) is 6.07 Å². The molecule has 3 N–H and O–H groups in total. The predicted molar refractivity (Wildman–Crippen MR) is 104 cm³/mol. The van der Waals surface area contributed by atoms with E-state index >= 15 is 0 Å². The van der Waals surface area contributed by atoms with Crippen LogP contribution in [0.2, 0.25) is 0 Å². The van der Waals surface area contributed by atoms with Crippen molar-refractivity contribution in [3.63, 3.8) is 0 Å². The standard InChI is InChI=1S/C18H23N7O2/c26-14-6-5-13(11-15(14)27)12-19-23-16-20-17(24-7-1-2-8-24)22-18(21-16)25-9-3-4-10-25/h5-6,11-12,26-27H,1-4,7-10H2,(H,20,21,22,23)/b19-12+. The lowest BCUT2D eigenvalue weighted by molar-refractivity contribution is 0.403.